The van der Waals surface area contributed by atoms with Gasteiger partial charge in [0.25, 0.3) is 0 Å². The molecule has 0 atom stereocenters. The molecule has 5 nitrogen and oxygen atoms in total. The molecule has 0 fully saturated rings. The summed E-state index contributed by atoms with van der Waals surface area (Å²) in [5.74, 6) is 2.18. The van der Waals surface area contributed by atoms with Crippen LogP contribution < -0.4 is 19.5 Å². The van der Waals surface area contributed by atoms with Crippen molar-refractivity contribution in [2.75, 3.05) is 25.6 Å². The number of aryl methyl sites for hydroxylation is 2. The van der Waals surface area contributed by atoms with Crippen LogP contribution in [0.5, 0.6) is 17.2 Å². The van der Waals surface area contributed by atoms with Crippen molar-refractivity contribution in [2.24, 2.45) is 0 Å². The summed E-state index contributed by atoms with van der Waals surface area (Å²) in [6.07, 6.45) is 1.06. The molecule has 1 aliphatic heterocycles. The molecular formula is C19H21NO4. The maximum atomic E-state index is 12.2. The lowest BCUT2D eigenvalue weighted by atomic mass is 10.1. The fourth-order valence-electron chi connectivity index (χ4n) is 2.62. The number of hydrogen-bond acceptors (Lipinski definition) is 4. The van der Waals surface area contributed by atoms with Gasteiger partial charge in [-0.1, -0.05) is 12.1 Å². The number of fused-ring (bicyclic) bond motifs is 1. The van der Waals surface area contributed by atoms with Crippen molar-refractivity contribution >= 4 is 11.6 Å². The van der Waals surface area contributed by atoms with Gasteiger partial charge in [0.05, 0.1) is 7.11 Å². The first kappa shape index (κ1) is 16.2. The van der Waals surface area contributed by atoms with Crippen molar-refractivity contribution in [1.82, 2.24) is 0 Å². The number of hydrogen-bond donors (Lipinski definition) is 1. The quantitative estimate of drug-likeness (QED) is 0.915. The van der Waals surface area contributed by atoms with Gasteiger partial charge in [0.15, 0.2) is 11.5 Å². The van der Waals surface area contributed by atoms with Gasteiger partial charge in [-0.3, -0.25) is 4.79 Å². The lowest BCUT2D eigenvalue weighted by Crippen LogP contribution is -2.17. The minimum Gasteiger partial charge on any atom is -0.497 e. The summed E-state index contributed by atoms with van der Waals surface area (Å²) in [7, 11) is 1.64. The molecule has 0 bridgehead atoms. The Labute approximate surface area is 141 Å². The summed E-state index contributed by atoms with van der Waals surface area (Å²) in [4.78, 5) is 12.2. The number of carbonyl (C=O) groups is 1. The summed E-state index contributed by atoms with van der Waals surface area (Å²) in [6, 6.07) is 11.5. The van der Waals surface area contributed by atoms with Gasteiger partial charge in [-0.05, 0) is 42.7 Å². The van der Waals surface area contributed by atoms with Crippen LogP contribution in [0.25, 0.3) is 0 Å². The van der Waals surface area contributed by atoms with E-state index in [0.717, 1.165) is 28.3 Å². The average Bonchev–Trinajstić information content (AvgIpc) is 2.61. The first-order chi connectivity index (χ1) is 11.7. The first-order valence-corrected chi connectivity index (χ1v) is 7.99. The third-order valence-electron chi connectivity index (χ3n) is 3.94. The zero-order valence-electron chi connectivity index (χ0n) is 13.9. The molecule has 0 saturated heterocycles. The second-order valence-corrected chi connectivity index (χ2v) is 5.71. The standard InChI is InChI=1S/C19H21NO4/c1-13-10-17-18(24-9-8-23-17)12-16(13)20-19(21)7-6-14-4-3-5-15(11-14)22-2/h3-5,10-12H,6-9H2,1-2H3,(H,20,21). The second kappa shape index (κ2) is 7.25. The molecule has 2 aromatic rings. The molecule has 5 heteroatoms. The van der Waals surface area contributed by atoms with Crippen molar-refractivity contribution in [3.05, 3.63) is 47.5 Å². The van der Waals surface area contributed by atoms with Gasteiger partial charge in [0, 0.05) is 18.2 Å². The fourth-order valence-corrected chi connectivity index (χ4v) is 2.62. The van der Waals surface area contributed by atoms with Gasteiger partial charge in [-0.25, -0.2) is 0 Å². The highest BCUT2D eigenvalue weighted by Crippen LogP contribution is 2.35. The van der Waals surface area contributed by atoms with Crippen LogP contribution in [0.15, 0.2) is 36.4 Å². The molecule has 0 saturated carbocycles. The van der Waals surface area contributed by atoms with Crippen LogP contribution in [0.2, 0.25) is 0 Å². The Morgan fingerprint density at radius 3 is 2.67 bits per heavy atom. The van der Waals surface area contributed by atoms with Gasteiger partial charge in [0.2, 0.25) is 5.91 Å². The number of amides is 1. The Balaban J connectivity index is 1.62. The summed E-state index contributed by atoms with van der Waals surface area (Å²) in [5.41, 5.74) is 2.78. The summed E-state index contributed by atoms with van der Waals surface area (Å²) < 4.78 is 16.3. The lowest BCUT2D eigenvalue weighted by molar-refractivity contribution is -0.116. The van der Waals surface area contributed by atoms with Crippen LogP contribution in [-0.4, -0.2) is 26.2 Å². The zero-order valence-corrected chi connectivity index (χ0v) is 13.9. The number of nitrogens with one attached hydrogen (secondary N) is 1. The van der Waals surface area contributed by atoms with Crippen LogP contribution >= 0.6 is 0 Å². The van der Waals surface area contributed by atoms with Crippen molar-refractivity contribution in [3.63, 3.8) is 0 Å². The van der Waals surface area contributed by atoms with E-state index in [4.69, 9.17) is 14.2 Å². The normalized spacial score (nSPS) is 12.6. The van der Waals surface area contributed by atoms with Crippen LogP contribution in [0, 0.1) is 6.92 Å². The van der Waals surface area contributed by atoms with E-state index in [2.05, 4.69) is 5.32 Å². The third kappa shape index (κ3) is 3.79. The molecule has 1 heterocycles. The maximum Gasteiger partial charge on any atom is 0.224 e. The maximum absolute atomic E-state index is 12.2. The van der Waals surface area contributed by atoms with Crippen LogP contribution in [-0.2, 0) is 11.2 Å². The molecule has 0 unspecified atom stereocenters. The van der Waals surface area contributed by atoms with Gasteiger partial charge in [-0.15, -0.1) is 0 Å². The predicted octanol–water partition coefficient (Wildman–Crippen LogP) is 3.35. The molecule has 3 rings (SSSR count). The molecule has 1 N–H and O–H groups in total. The van der Waals surface area contributed by atoms with Gasteiger partial charge < -0.3 is 19.5 Å². The molecule has 0 aliphatic carbocycles. The Morgan fingerprint density at radius 1 is 1.17 bits per heavy atom. The molecule has 126 valence electrons. The van der Waals surface area contributed by atoms with Crippen molar-refractivity contribution in [3.8, 4) is 17.2 Å². The second-order valence-electron chi connectivity index (χ2n) is 5.71. The van der Waals surface area contributed by atoms with E-state index in [1.807, 2.05) is 43.3 Å². The third-order valence-corrected chi connectivity index (χ3v) is 3.94. The molecule has 1 aliphatic rings. The lowest BCUT2D eigenvalue weighted by Gasteiger charge is -2.20. The highest BCUT2D eigenvalue weighted by atomic mass is 16.6. The number of carbonyl (C=O) groups excluding carboxylic acids is 1. The van der Waals surface area contributed by atoms with E-state index >= 15 is 0 Å². The Kier molecular flexibility index (Phi) is 4.89. The van der Waals surface area contributed by atoms with Gasteiger partial charge in [0.1, 0.15) is 19.0 Å². The average molecular weight is 327 g/mol. The highest BCUT2D eigenvalue weighted by molar-refractivity contribution is 5.92. The first-order valence-electron chi connectivity index (χ1n) is 7.99. The number of ether oxygens (including phenoxy) is 3. The minimum absolute atomic E-state index is 0.0300. The van der Waals surface area contributed by atoms with Gasteiger partial charge in [-0.2, -0.15) is 0 Å². The van der Waals surface area contributed by atoms with E-state index in [1.165, 1.54) is 0 Å². The van der Waals surface area contributed by atoms with E-state index in [-0.39, 0.29) is 5.91 Å². The van der Waals surface area contributed by atoms with Crippen molar-refractivity contribution in [1.29, 1.82) is 0 Å². The molecule has 2 aromatic carbocycles. The zero-order chi connectivity index (χ0) is 16.9. The van der Waals surface area contributed by atoms with Crippen LogP contribution in [0.3, 0.4) is 0 Å². The summed E-state index contributed by atoms with van der Waals surface area (Å²) in [6.45, 7) is 3.02. The number of methoxy groups -OCH3 is 1. The SMILES string of the molecule is COc1cccc(CCC(=O)Nc2cc3c(cc2C)OCCO3)c1. The fraction of sp³-hybridized carbons (Fsp3) is 0.316. The number of rotatable bonds is 5. The molecular weight excluding hydrogens is 306 g/mol. The van der Waals surface area contributed by atoms with E-state index < -0.39 is 0 Å². The smallest absolute Gasteiger partial charge is 0.224 e. The molecule has 0 spiro atoms. The van der Waals surface area contributed by atoms with Crippen LogP contribution in [0.4, 0.5) is 5.69 Å². The Morgan fingerprint density at radius 2 is 1.92 bits per heavy atom. The molecule has 0 aromatic heterocycles. The Bertz CT molecular complexity index is 742. The summed E-state index contributed by atoms with van der Waals surface area (Å²) in [5, 5.41) is 2.95. The predicted molar refractivity (Wildman–Crippen MR) is 92.1 cm³/mol. The van der Waals surface area contributed by atoms with Crippen molar-refractivity contribution < 1.29 is 19.0 Å². The number of benzene rings is 2. The Hall–Kier alpha value is -2.69. The molecule has 24 heavy (non-hydrogen) atoms. The molecule has 0 radical (unpaired) electrons. The largest absolute Gasteiger partial charge is 0.497 e. The van der Waals surface area contributed by atoms with Crippen molar-refractivity contribution in [2.45, 2.75) is 19.8 Å². The number of anilines is 1. The van der Waals surface area contributed by atoms with Crippen LogP contribution in [0.1, 0.15) is 17.5 Å². The van der Waals surface area contributed by atoms with E-state index in [0.29, 0.717) is 31.8 Å². The van der Waals surface area contributed by atoms with E-state index in [1.54, 1.807) is 7.11 Å². The molecule has 1 amide bonds. The van der Waals surface area contributed by atoms with Gasteiger partial charge >= 0.3 is 0 Å². The monoisotopic (exact) mass is 327 g/mol. The highest BCUT2D eigenvalue weighted by Gasteiger charge is 2.15. The topological polar surface area (TPSA) is 56.8 Å². The minimum atomic E-state index is -0.0300. The summed E-state index contributed by atoms with van der Waals surface area (Å²) >= 11 is 0. The van der Waals surface area contributed by atoms with E-state index in [9.17, 15) is 4.79 Å².